The number of aromatic nitrogens is 2. The average molecular weight is 256 g/mol. The quantitative estimate of drug-likeness (QED) is 0.725. The summed E-state index contributed by atoms with van der Waals surface area (Å²) in [7, 11) is 1.59. The Bertz CT molecular complexity index is 389. The van der Waals surface area contributed by atoms with E-state index in [1.165, 1.54) is 0 Å². The van der Waals surface area contributed by atoms with Crippen LogP contribution in [0.3, 0.4) is 0 Å². The van der Waals surface area contributed by atoms with E-state index in [1.807, 2.05) is 13.8 Å². The van der Waals surface area contributed by atoms with Crippen molar-refractivity contribution in [3.8, 4) is 0 Å². The molecule has 0 saturated heterocycles. The van der Waals surface area contributed by atoms with Gasteiger partial charge in [0.25, 0.3) is 0 Å². The van der Waals surface area contributed by atoms with E-state index in [-0.39, 0.29) is 23.9 Å². The molecular weight excluding hydrogens is 236 g/mol. The Balaban J connectivity index is 2.82. The number of carbonyl (C=O) groups excluding carboxylic acids is 1. The molecule has 0 aliphatic carbocycles. The van der Waals surface area contributed by atoms with Crippen molar-refractivity contribution in [2.45, 2.75) is 39.7 Å². The van der Waals surface area contributed by atoms with Crippen LogP contribution < -0.4 is 0 Å². The fraction of sp³-hybridized carbons (Fsp3) is 0.750. The monoisotopic (exact) mass is 256 g/mol. The van der Waals surface area contributed by atoms with Gasteiger partial charge in [0.05, 0.1) is 6.61 Å². The highest BCUT2D eigenvalue weighted by atomic mass is 16.5. The number of nitrogens with zero attached hydrogens (tertiary/aromatic N) is 2. The zero-order chi connectivity index (χ0) is 13.7. The fourth-order valence-electron chi connectivity index (χ4n) is 1.58. The van der Waals surface area contributed by atoms with Gasteiger partial charge in [0.1, 0.15) is 12.0 Å². The highest BCUT2D eigenvalue weighted by molar-refractivity contribution is 5.76. The molecule has 1 aromatic rings. The van der Waals surface area contributed by atoms with Crippen LogP contribution in [0.15, 0.2) is 4.52 Å². The first-order chi connectivity index (χ1) is 8.51. The zero-order valence-electron chi connectivity index (χ0n) is 11.5. The number of hydrogen-bond donors (Lipinski definition) is 0. The maximum Gasteiger partial charge on any atom is 0.318 e. The lowest BCUT2D eigenvalue weighted by Crippen LogP contribution is -2.14. The van der Waals surface area contributed by atoms with Crippen LogP contribution in [0.2, 0.25) is 0 Å². The third-order valence-corrected chi connectivity index (χ3v) is 2.58. The van der Waals surface area contributed by atoms with E-state index in [0.717, 1.165) is 0 Å². The Morgan fingerprint density at radius 2 is 2.06 bits per heavy atom. The van der Waals surface area contributed by atoms with Gasteiger partial charge in [-0.2, -0.15) is 4.98 Å². The molecule has 18 heavy (non-hydrogen) atoms. The van der Waals surface area contributed by atoms with Crippen LogP contribution in [-0.4, -0.2) is 29.8 Å². The van der Waals surface area contributed by atoms with Crippen molar-refractivity contribution in [3.05, 3.63) is 11.7 Å². The Morgan fingerprint density at radius 1 is 1.39 bits per heavy atom. The summed E-state index contributed by atoms with van der Waals surface area (Å²) in [5, 5.41) is 3.85. The van der Waals surface area contributed by atoms with Gasteiger partial charge in [-0.1, -0.05) is 19.0 Å². The lowest BCUT2D eigenvalue weighted by molar-refractivity contribution is -0.145. The molecule has 2 atom stereocenters. The van der Waals surface area contributed by atoms with Gasteiger partial charge in [-0.3, -0.25) is 4.79 Å². The number of rotatable bonds is 6. The Labute approximate surface area is 107 Å². The number of methoxy groups -OCH3 is 1. The van der Waals surface area contributed by atoms with Crippen LogP contribution >= 0.6 is 0 Å². The second-order valence-electron chi connectivity index (χ2n) is 4.36. The molecule has 2 unspecified atom stereocenters. The highest BCUT2D eigenvalue weighted by Crippen LogP contribution is 2.24. The van der Waals surface area contributed by atoms with Gasteiger partial charge in [-0.15, -0.1) is 0 Å². The number of esters is 1. The molecule has 102 valence electrons. The van der Waals surface area contributed by atoms with Crippen LogP contribution in [0.1, 0.15) is 51.4 Å². The van der Waals surface area contributed by atoms with Crippen molar-refractivity contribution in [1.82, 2.24) is 10.1 Å². The predicted octanol–water partition coefficient (Wildman–Crippen LogP) is 2.08. The van der Waals surface area contributed by atoms with Crippen molar-refractivity contribution in [2.75, 3.05) is 13.7 Å². The van der Waals surface area contributed by atoms with Crippen LogP contribution in [-0.2, 0) is 14.3 Å². The fourth-order valence-corrected chi connectivity index (χ4v) is 1.58. The Kier molecular flexibility index (Phi) is 5.27. The summed E-state index contributed by atoms with van der Waals surface area (Å²) in [5.74, 6) is 0.00484. The minimum atomic E-state index is -0.559. The van der Waals surface area contributed by atoms with Gasteiger partial charge in [0, 0.05) is 7.11 Å². The van der Waals surface area contributed by atoms with E-state index in [0.29, 0.717) is 12.4 Å². The Hall–Kier alpha value is -1.43. The van der Waals surface area contributed by atoms with Crippen molar-refractivity contribution in [3.63, 3.8) is 0 Å². The number of carbonyl (C=O) groups is 1. The highest BCUT2D eigenvalue weighted by Gasteiger charge is 2.26. The molecule has 0 amide bonds. The first kappa shape index (κ1) is 14.6. The SMILES string of the molecule is CCOC(=O)C(C)c1nc(C(OC)C(C)C)no1. The summed E-state index contributed by atoms with van der Waals surface area (Å²) >= 11 is 0. The van der Waals surface area contributed by atoms with Crippen molar-refractivity contribution < 1.29 is 18.8 Å². The van der Waals surface area contributed by atoms with Gasteiger partial charge < -0.3 is 14.0 Å². The summed E-state index contributed by atoms with van der Waals surface area (Å²) < 4.78 is 15.3. The number of hydrogen-bond acceptors (Lipinski definition) is 6. The molecule has 0 bridgehead atoms. The molecule has 0 aliphatic heterocycles. The molecule has 0 aromatic carbocycles. The molecule has 0 radical (unpaired) electrons. The smallest absolute Gasteiger partial charge is 0.318 e. The first-order valence-electron chi connectivity index (χ1n) is 6.04. The Morgan fingerprint density at radius 3 is 2.56 bits per heavy atom. The molecule has 1 heterocycles. The van der Waals surface area contributed by atoms with E-state index >= 15 is 0 Å². The molecule has 6 heteroatoms. The summed E-state index contributed by atoms with van der Waals surface area (Å²) in [6.45, 7) is 7.75. The second-order valence-corrected chi connectivity index (χ2v) is 4.36. The maximum atomic E-state index is 11.5. The average Bonchev–Trinajstić information content (AvgIpc) is 2.78. The van der Waals surface area contributed by atoms with Crippen LogP contribution in [0.5, 0.6) is 0 Å². The third-order valence-electron chi connectivity index (χ3n) is 2.58. The van der Waals surface area contributed by atoms with Gasteiger partial charge in [0.15, 0.2) is 0 Å². The molecule has 0 spiro atoms. The minimum absolute atomic E-state index is 0.221. The summed E-state index contributed by atoms with van der Waals surface area (Å²) in [6, 6.07) is 0. The normalized spacial score (nSPS) is 14.6. The molecule has 1 rings (SSSR count). The van der Waals surface area contributed by atoms with Gasteiger partial charge in [0.2, 0.25) is 11.7 Å². The van der Waals surface area contributed by atoms with E-state index < -0.39 is 5.92 Å². The molecule has 6 nitrogen and oxygen atoms in total. The minimum Gasteiger partial charge on any atom is -0.465 e. The van der Waals surface area contributed by atoms with E-state index in [2.05, 4.69) is 10.1 Å². The number of ether oxygens (including phenoxy) is 2. The van der Waals surface area contributed by atoms with Crippen LogP contribution in [0.25, 0.3) is 0 Å². The second kappa shape index (κ2) is 6.49. The van der Waals surface area contributed by atoms with E-state index in [1.54, 1.807) is 21.0 Å². The lowest BCUT2D eigenvalue weighted by atomic mass is 10.1. The van der Waals surface area contributed by atoms with Crippen LogP contribution in [0, 0.1) is 5.92 Å². The summed E-state index contributed by atoms with van der Waals surface area (Å²) in [5.41, 5.74) is 0. The largest absolute Gasteiger partial charge is 0.465 e. The molecule has 0 N–H and O–H groups in total. The lowest BCUT2D eigenvalue weighted by Gasteiger charge is -2.14. The standard InChI is InChI=1S/C12H20N2O4/c1-6-17-12(15)8(4)11-13-10(14-18-11)9(16-5)7(2)3/h7-9H,6H2,1-5H3. The summed E-state index contributed by atoms with van der Waals surface area (Å²) in [6.07, 6.45) is -0.239. The van der Waals surface area contributed by atoms with Crippen molar-refractivity contribution in [1.29, 1.82) is 0 Å². The van der Waals surface area contributed by atoms with Crippen molar-refractivity contribution >= 4 is 5.97 Å². The summed E-state index contributed by atoms with van der Waals surface area (Å²) in [4.78, 5) is 15.7. The first-order valence-corrected chi connectivity index (χ1v) is 6.04. The van der Waals surface area contributed by atoms with Crippen molar-refractivity contribution in [2.24, 2.45) is 5.92 Å². The predicted molar refractivity (Wildman–Crippen MR) is 63.9 cm³/mol. The maximum absolute atomic E-state index is 11.5. The topological polar surface area (TPSA) is 74.5 Å². The molecule has 1 aromatic heterocycles. The molecule has 0 aliphatic rings. The molecule has 0 fully saturated rings. The van der Waals surface area contributed by atoms with Gasteiger partial charge in [-0.25, -0.2) is 0 Å². The molecule has 0 saturated carbocycles. The molecular formula is C12H20N2O4. The van der Waals surface area contributed by atoms with E-state index in [9.17, 15) is 4.79 Å². The van der Waals surface area contributed by atoms with Gasteiger partial charge >= 0.3 is 5.97 Å². The van der Waals surface area contributed by atoms with Crippen LogP contribution in [0.4, 0.5) is 0 Å². The third kappa shape index (κ3) is 3.29. The van der Waals surface area contributed by atoms with E-state index in [4.69, 9.17) is 14.0 Å². The zero-order valence-corrected chi connectivity index (χ0v) is 11.5. The van der Waals surface area contributed by atoms with Gasteiger partial charge in [-0.05, 0) is 19.8 Å².